The highest BCUT2D eigenvalue weighted by Gasteiger charge is 2.12. The Morgan fingerprint density at radius 1 is 1.08 bits per heavy atom. The maximum atomic E-state index is 13.8. The van der Waals surface area contributed by atoms with E-state index >= 15 is 0 Å². The van der Waals surface area contributed by atoms with Crippen molar-refractivity contribution in [2.24, 2.45) is 0 Å². The average Bonchev–Trinajstić information content (AvgIpc) is 2.63. The summed E-state index contributed by atoms with van der Waals surface area (Å²) in [5.41, 5.74) is 1.56. The van der Waals surface area contributed by atoms with Crippen molar-refractivity contribution in [2.45, 2.75) is 6.92 Å². The number of hydrogen-bond donors (Lipinski definition) is 2. The fraction of sp³-hybridized carbons (Fsp3) is 0.105. The number of benzene rings is 2. The smallest absolute Gasteiger partial charge is 0.274 e. The number of amides is 1. The molecule has 2 aromatic carbocycles. The number of hydrogen-bond acceptors (Lipinski definition) is 5. The molecule has 6 nitrogen and oxygen atoms in total. The van der Waals surface area contributed by atoms with Crippen LogP contribution in [0.2, 0.25) is 0 Å². The minimum absolute atomic E-state index is 0.144. The molecule has 0 atom stereocenters. The number of nitrogens with one attached hydrogen (secondary N) is 2. The Labute approximate surface area is 150 Å². The summed E-state index contributed by atoms with van der Waals surface area (Å²) in [5, 5.41) is 5.54. The number of rotatable bonds is 5. The second kappa shape index (κ2) is 7.60. The highest BCUT2D eigenvalue weighted by Crippen LogP contribution is 2.19. The molecule has 132 valence electrons. The molecule has 7 heteroatoms. The Hall–Kier alpha value is -3.48. The molecule has 1 aromatic heterocycles. The summed E-state index contributed by atoms with van der Waals surface area (Å²) in [5.74, 6) is -0.0604. The normalized spacial score (nSPS) is 10.3. The molecule has 0 fully saturated rings. The Morgan fingerprint density at radius 2 is 1.88 bits per heavy atom. The summed E-state index contributed by atoms with van der Waals surface area (Å²) < 4.78 is 18.9. The monoisotopic (exact) mass is 352 g/mol. The van der Waals surface area contributed by atoms with Crippen LogP contribution < -0.4 is 15.4 Å². The van der Waals surface area contributed by atoms with Gasteiger partial charge in [-0.15, -0.1) is 0 Å². The minimum Gasteiger partial charge on any atom is -0.497 e. The van der Waals surface area contributed by atoms with Crippen molar-refractivity contribution in [1.29, 1.82) is 0 Å². The fourth-order valence-electron chi connectivity index (χ4n) is 2.32. The number of aromatic nitrogens is 2. The summed E-state index contributed by atoms with van der Waals surface area (Å²) >= 11 is 0. The van der Waals surface area contributed by atoms with Gasteiger partial charge in [-0.2, -0.15) is 0 Å². The molecule has 0 aliphatic carbocycles. The van der Waals surface area contributed by atoms with E-state index in [-0.39, 0.29) is 17.3 Å². The van der Waals surface area contributed by atoms with E-state index in [0.29, 0.717) is 17.1 Å². The van der Waals surface area contributed by atoms with Crippen LogP contribution >= 0.6 is 0 Å². The van der Waals surface area contributed by atoms with Gasteiger partial charge in [-0.3, -0.25) is 4.79 Å². The van der Waals surface area contributed by atoms with Crippen LogP contribution in [0.5, 0.6) is 5.75 Å². The molecule has 0 radical (unpaired) electrons. The number of nitrogens with zero attached hydrogens (tertiary/aromatic N) is 2. The third-order valence-corrected chi connectivity index (χ3v) is 3.53. The largest absolute Gasteiger partial charge is 0.497 e. The van der Waals surface area contributed by atoms with Crippen molar-refractivity contribution in [2.75, 3.05) is 17.7 Å². The second-order valence-corrected chi connectivity index (χ2v) is 5.51. The fourth-order valence-corrected chi connectivity index (χ4v) is 2.32. The van der Waals surface area contributed by atoms with Crippen molar-refractivity contribution >= 4 is 23.2 Å². The number of aryl methyl sites for hydroxylation is 1. The van der Waals surface area contributed by atoms with E-state index in [1.165, 1.54) is 6.07 Å². The van der Waals surface area contributed by atoms with Gasteiger partial charge in [-0.05, 0) is 37.3 Å². The number of carbonyl (C=O) groups is 1. The Morgan fingerprint density at radius 3 is 2.65 bits per heavy atom. The lowest BCUT2D eigenvalue weighted by Gasteiger charge is -2.10. The molecule has 2 N–H and O–H groups in total. The summed E-state index contributed by atoms with van der Waals surface area (Å²) in [6, 6.07) is 14.7. The van der Waals surface area contributed by atoms with E-state index in [1.807, 2.05) is 0 Å². The number of methoxy groups -OCH3 is 1. The number of halogens is 1. The van der Waals surface area contributed by atoms with Gasteiger partial charge in [-0.1, -0.05) is 18.2 Å². The van der Waals surface area contributed by atoms with Gasteiger partial charge < -0.3 is 15.4 Å². The molecule has 0 aliphatic heterocycles. The van der Waals surface area contributed by atoms with E-state index in [9.17, 15) is 9.18 Å². The molecular weight excluding hydrogens is 335 g/mol. The summed E-state index contributed by atoms with van der Waals surface area (Å²) in [6.07, 6.45) is 0. The van der Waals surface area contributed by atoms with Crippen LogP contribution in [0.4, 0.5) is 21.7 Å². The lowest BCUT2D eigenvalue weighted by atomic mass is 10.2. The molecule has 0 spiro atoms. The average molecular weight is 352 g/mol. The van der Waals surface area contributed by atoms with Crippen molar-refractivity contribution in [3.8, 4) is 5.75 Å². The van der Waals surface area contributed by atoms with Crippen LogP contribution in [0.1, 0.15) is 16.2 Å². The molecule has 0 saturated heterocycles. The third-order valence-electron chi connectivity index (χ3n) is 3.53. The van der Waals surface area contributed by atoms with Crippen LogP contribution in [0, 0.1) is 12.7 Å². The van der Waals surface area contributed by atoms with Gasteiger partial charge in [0.2, 0.25) is 5.95 Å². The van der Waals surface area contributed by atoms with Crippen molar-refractivity contribution in [3.63, 3.8) is 0 Å². The first-order valence-electron chi connectivity index (χ1n) is 7.88. The Balaban J connectivity index is 1.82. The molecule has 3 rings (SSSR count). The first-order valence-corrected chi connectivity index (χ1v) is 7.88. The number of ether oxygens (including phenoxy) is 1. The first kappa shape index (κ1) is 17.3. The summed E-state index contributed by atoms with van der Waals surface area (Å²) in [6.45, 7) is 1.73. The molecule has 1 heterocycles. The van der Waals surface area contributed by atoms with Gasteiger partial charge in [0.1, 0.15) is 17.3 Å². The SMILES string of the molecule is COc1cccc(NC(=O)c2cc(C)nc(Nc3ccccc3F)n2)c1. The van der Waals surface area contributed by atoms with Gasteiger partial charge in [0.05, 0.1) is 12.8 Å². The van der Waals surface area contributed by atoms with Crippen LogP contribution in [0.15, 0.2) is 54.6 Å². The first-order chi connectivity index (χ1) is 12.5. The topological polar surface area (TPSA) is 76.1 Å². The van der Waals surface area contributed by atoms with Gasteiger partial charge >= 0.3 is 0 Å². The van der Waals surface area contributed by atoms with Crippen LogP contribution in [0.25, 0.3) is 0 Å². The van der Waals surface area contributed by atoms with Crippen molar-refractivity contribution < 1.29 is 13.9 Å². The van der Waals surface area contributed by atoms with Crippen LogP contribution in [-0.4, -0.2) is 23.0 Å². The Bertz CT molecular complexity index is 946. The molecular formula is C19H17FN4O2. The molecule has 0 unspecified atom stereocenters. The highest BCUT2D eigenvalue weighted by molar-refractivity contribution is 6.03. The van der Waals surface area contributed by atoms with Gasteiger partial charge in [0.15, 0.2) is 0 Å². The zero-order valence-corrected chi connectivity index (χ0v) is 14.3. The van der Waals surface area contributed by atoms with E-state index in [4.69, 9.17) is 4.74 Å². The molecule has 0 saturated carbocycles. The van der Waals surface area contributed by atoms with Gasteiger partial charge in [-0.25, -0.2) is 14.4 Å². The number of anilines is 3. The molecule has 0 bridgehead atoms. The zero-order chi connectivity index (χ0) is 18.5. The quantitative estimate of drug-likeness (QED) is 0.728. The van der Waals surface area contributed by atoms with Crippen LogP contribution in [-0.2, 0) is 0 Å². The standard InChI is InChI=1S/C19H17FN4O2/c1-12-10-17(18(25)22-13-6-5-7-14(11-13)26-2)24-19(21-12)23-16-9-4-3-8-15(16)20/h3-11H,1-2H3,(H,22,25)(H,21,23,24). The predicted molar refractivity (Wildman–Crippen MR) is 97.4 cm³/mol. The van der Waals surface area contributed by atoms with Crippen molar-refractivity contribution in [3.05, 3.63) is 71.8 Å². The summed E-state index contributed by atoms with van der Waals surface area (Å²) in [4.78, 5) is 20.9. The lowest BCUT2D eigenvalue weighted by molar-refractivity contribution is 0.102. The predicted octanol–water partition coefficient (Wildman–Crippen LogP) is 3.93. The van der Waals surface area contributed by atoms with Crippen molar-refractivity contribution in [1.82, 2.24) is 9.97 Å². The number of para-hydroxylation sites is 1. The summed E-state index contributed by atoms with van der Waals surface area (Å²) in [7, 11) is 1.55. The van der Waals surface area contributed by atoms with E-state index in [2.05, 4.69) is 20.6 Å². The van der Waals surface area contributed by atoms with E-state index in [1.54, 1.807) is 62.6 Å². The lowest BCUT2D eigenvalue weighted by Crippen LogP contribution is -2.15. The molecule has 26 heavy (non-hydrogen) atoms. The Kier molecular flexibility index (Phi) is 5.07. The van der Waals surface area contributed by atoms with E-state index < -0.39 is 11.7 Å². The minimum atomic E-state index is -0.431. The molecule has 0 aliphatic rings. The molecule has 3 aromatic rings. The number of carbonyl (C=O) groups excluding carboxylic acids is 1. The second-order valence-electron chi connectivity index (χ2n) is 5.51. The maximum absolute atomic E-state index is 13.8. The van der Waals surface area contributed by atoms with Gasteiger partial charge in [0.25, 0.3) is 5.91 Å². The van der Waals surface area contributed by atoms with E-state index in [0.717, 1.165) is 0 Å². The molecule has 1 amide bonds. The van der Waals surface area contributed by atoms with Crippen LogP contribution in [0.3, 0.4) is 0 Å². The third kappa shape index (κ3) is 4.13. The maximum Gasteiger partial charge on any atom is 0.274 e. The van der Waals surface area contributed by atoms with Gasteiger partial charge in [0, 0.05) is 17.4 Å². The highest BCUT2D eigenvalue weighted by atomic mass is 19.1. The zero-order valence-electron chi connectivity index (χ0n) is 14.3.